The van der Waals surface area contributed by atoms with Crippen molar-refractivity contribution in [1.29, 1.82) is 0 Å². The molecular weight excluding hydrogens is 412 g/mol. The molecule has 1 heterocycles. The molecule has 0 fully saturated rings. The van der Waals surface area contributed by atoms with Crippen LogP contribution in [0.2, 0.25) is 0 Å². The Hall–Kier alpha value is -3.24. The Morgan fingerprint density at radius 2 is 1.69 bits per heavy atom. The molecule has 1 aromatic heterocycles. The third-order valence-corrected chi connectivity index (χ3v) is 5.13. The van der Waals surface area contributed by atoms with Crippen molar-refractivity contribution in [2.24, 2.45) is 0 Å². The third kappa shape index (κ3) is 5.62. The van der Waals surface area contributed by atoms with Gasteiger partial charge in [0.1, 0.15) is 5.75 Å². The Labute approximate surface area is 172 Å². The van der Waals surface area contributed by atoms with E-state index in [0.717, 1.165) is 23.2 Å². The van der Waals surface area contributed by atoms with Gasteiger partial charge in [-0.1, -0.05) is 59.9 Å². The van der Waals surface area contributed by atoms with E-state index in [2.05, 4.69) is 20.2 Å². The normalized spacial score (nSPS) is 11.7. The lowest BCUT2D eigenvalue weighted by molar-refractivity contribution is -0.111. The number of benzene rings is 2. The van der Waals surface area contributed by atoms with Crippen molar-refractivity contribution in [3.63, 3.8) is 0 Å². The Balaban J connectivity index is 1.93. The van der Waals surface area contributed by atoms with Crippen LogP contribution in [0.3, 0.4) is 0 Å². The van der Waals surface area contributed by atoms with Crippen molar-refractivity contribution < 1.29 is 17.9 Å². The standard InChI is InChI=1S/C19H18N4O4S2/c1-27-16-11-7-6-10-14(16)12-15(13-8-4-3-5-9-13)17(24)20-18-21-22-19(28-18)23-29(2,25)26/h3-12H,1-2H3,(H,22,23)(H,20,21,24). The number of ether oxygens (including phenoxy) is 1. The van der Waals surface area contributed by atoms with Crippen molar-refractivity contribution in [1.82, 2.24) is 10.2 Å². The quantitative estimate of drug-likeness (QED) is 0.440. The number of rotatable bonds is 7. The predicted molar refractivity (Wildman–Crippen MR) is 114 cm³/mol. The van der Waals surface area contributed by atoms with Gasteiger partial charge >= 0.3 is 0 Å². The zero-order chi connectivity index (χ0) is 20.9. The smallest absolute Gasteiger partial charge is 0.258 e. The van der Waals surface area contributed by atoms with Crippen molar-refractivity contribution in [2.75, 3.05) is 23.4 Å². The minimum Gasteiger partial charge on any atom is -0.496 e. The van der Waals surface area contributed by atoms with Crippen LogP contribution < -0.4 is 14.8 Å². The van der Waals surface area contributed by atoms with Crippen LogP contribution >= 0.6 is 11.3 Å². The molecule has 0 saturated heterocycles. The van der Waals surface area contributed by atoms with Crippen LogP contribution in [0.5, 0.6) is 5.75 Å². The minimum absolute atomic E-state index is 0.0674. The summed E-state index contributed by atoms with van der Waals surface area (Å²) in [7, 11) is -1.92. The van der Waals surface area contributed by atoms with Gasteiger partial charge in [0.05, 0.1) is 13.4 Å². The van der Waals surface area contributed by atoms with Gasteiger partial charge in [-0.05, 0) is 17.7 Å². The minimum atomic E-state index is -3.48. The number of hydrogen-bond acceptors (Lipinski definition) is 7. The van der Waals surface area contributed by atoms with Gasteiger partial charge in [-0.15, -0.1) is 10.2 Å². The first-order valence-corrected chi connectivity index (χ1v) is 11.1. The molecule has 0 unspecified atom stereocenters. The van der Waals surface area contributed by atoms with E-state index in [1.165, 1.54) is 0 Å². The number of nitrogens with zero attached hydrogens (tertiary/aromatic N) is 2. The Morgan fingerprint density at radius 1 is 1.03 bits per heavy atom. The lowest BCUT2D eigenvalue weighted by Gasteiger charge is -2.10. The maximum Gasteiger partial charge on any atom is 0.258 e. The second kappa shape index (κ2) is 8.84. The van der Waals surface area contributed by atoms with Gasteiger partial charge in [-0.3, -0.25) is 14.8 Å². The number of hydrogen-bond donors (Lipinski definition) is 2. The fourth-order valence-corrected chi connectivity index (χ4v) is 3.95. The van der Waals surface area contributed by atoms with Gasteiger partial charge in [-0.25, -0.2) is 8.42 Å². The Bertz CT molecular complexity index is 1140. The van der Waals surface area contributed by atoms with Crippen LogP contribution in [-0.4, -0.2) is 37.9 Å². The number of aromatic nitrogens is 2. The van der Waals surface area contributed by atoms with Crippen LogP contribution in [-0.2, 0) is 14.8 Å². The molecule has 0 spiro atoms. The average Bonchev–Trinajstić information content (AvgIpc) is 3.11. The highest BCUT2D eigenvalue weighted by atomic mass is 32.2. The van der Waals surface area contributed by atoms with Gasteiger partial charge in [0.15, 0.2) is 0 Å². The molecule has 0 aliphatic carbocycles. The Morgan fingerprint density at radius 3 is 2.38 bits per heavy atom. The molecule has 8 nitrogen and oxygen atoms in total. The molecule has 3 rings (SSSR count). The molecule has 0 bridgehead atoms. The molecule has 0 radical (unpaired) electrons. The summed E-state index contributed by atoms with van der Waals surface area (Å²) in [5, 5.41) is 10.4. The average molecular weight is 431 g/mol. The van der Waals surface area contributed by atoms with Crippen molar-refractivity contribution in [3.05, 3.63) is 65.7 Å². The summed E-state index contributed by atoms with van der Waals surface area (Å²) >= 11 is 0.918. The van der Waals surface area contributed by atoms with Crippen molar-refractivity contribution in [3.8, 4) is 5.75 Å². The summed E-state index contributed by atoms with van der Waals surface area (Å²) in [5.74, 6) is 0.216. The maximum absolute atomic E-state index is 13.0. The summed E-state index contributed by atoms with van der Waals surface area (Å²) in [5.41, 5.74) is 1.83. The van der Waals surface area contributed by atoms with Gasteiger partial charge in [-0.2, -0.15) is 0 Å². The number of anilines is 2. The summed E-state index contributed by atoms with van der Waals surface area (Å²) < 4.78 is 30.2. The molecule has 1 amide bonds. The molecule has 29 heavy (non-hydrogen) atoms. The van der Waals surface area contributed by atoms with Gasteiger partial charge < -0.3 is 4.74 Å². The SMILES string of the molecule is COc1ccccc1C=C(C(=O)Nc1nnc(NS(C)(=O)=O)s1)c1ccccc1. The largest absolute Gasteiger partial charge is 0.496 e. The van der Waals surface area contributed by atoms with E-state index in [9.17, 15) is 13.2 Å². The molecule has 2 aromatic carbocycles. The fraction of sp³-hybridized carbons (Fsp3) is 0.105. The molecule has 0 aliphatic rings. The molecule has 0 atom stereocenters. The van der Waals surface area contributed by atoms with E-state index < -0.39 is 15.9 Å². The van der Waals surface area contributed by atoms with Gasteiger partial charge in [0, 0.05) is 11.1 Å². The van der Waals surface area contributed by atoms with Crippen molar-refractivity contribution >= 4 is 49.2 Å². The van der Waals surface area contributed by atoms with Crippen LogP contribution in [0, 0.1) is 0 Å². The topological polar surface area (TPSA) is 110 Å². The summed E-state index contributed by atoms with van der Waals surface area (Å²) in [6, 6.07) is 16.5. The molecule has 2 N–H and O–H groups in total. The third-order valence-electron chi connectivity index (χ3n) is 3.69. The first-order valence-electron chi connectivity index (χ1n) is 8.38. The molecule has 0 aliphatic heterocycles. The second-order valence-electron chi connectivity index (χ2n) is 5.91. The van der Waals surface area contributed by atoms with E-state index in [1.54, 1.807) is 19.3 Å². The number of nitrogens with one attached hydrogen (secondary N) is 2. The number of carbonyl (C=O) groups excluding carboxylic acids is 1. The van der Waals surface area contributed by atoms with Crippen LogP contribution in [0.15, 0.2) is 54.6 Å². The first-order chi connectivity index (χ1) is 13.9. The zero-order valence-electron chi connectivity index (χ0n) is 15.6. The molecule has 0 saturated carbocycles. The lowest BCUT2D eigenvalue weighted by atomic mass is 10.0. The highest BCUT2D eigenvalue weighted by Crippen LogP contribution is 2.27. The summed E-state index contributed by atoms with van der Waals surface area (Å²) in [6.45, 7) is 0. The molecule has 150 valence electrons. The highest BCUT2D eigenvalue weighted by Gasteiger charge is 2.16. The highest BCUT2D eigenvalue weighted by molar-refractivity contribution is 7.92. The van der Waals surface area contributed by atoms with Crippen LogP contribution in [0.4, 0.5) is 10.3 Å². The maximum atomic E-state index is 13.0. The zero-order valence-corrected chi connectivity index (χ0v) is 17.3. The number of amides is 1. The number of methoxy groups -OCH3 is 1. The van der Waals surface area contributed by atoms with Crippen LogP contribution in [0.25, 0.3) is 11.6 Å². The van der Waals surface area contributed by atoms with E-state index >= 15 is 0 Å². The fourth-order valence-electron chi connectivity index (χ4n) is 2.48. The number of sulfonamides is 1. The summed E-state index contributed by atoms with van der Waals surface area (Å²) in [4.78, 5) is 13.0. The van der Waals surface area contributed by atoms with Gasteiger partial charge in [0.25, 0.3) is 5.91 Å². The summed E-state index contributed by atoms with van der Waals surface area (Å²) in [6.07, 6.45) is 2.73. The Kier molecular flexibility index (Phi) is 6.25. The van der Waals surface area contributed by atoms with E-state index in [-0.39, 0.29) is 10.3 Å². The van der Waals surface area contributed by atoms with Gasteiger partial charge in [0.2, 0.25) is 20.3 Å². The molecular formula is C19H18N4O4S2. The first kappa shape index (κ1) is 20.5. The molecule has 10 heteroatoms. The predicted octanol–water partition coefficient (Wildman–Crippen LogP) is 3.10. The number of carbonyl (C=O) groups is 1. The van der Waals surface area contributed by atoms with E-state index in [0.29, 0.717) is 16.9 Å². The second-order valence-corrected chi connectivity index (χ2v) is 8.63. The monoisotopic (exact) mass is 430 g/mol. The number of para-hydroxylation sites is 1. The van der Waals surface area contributed by atoms with Crippen molar-refractivity contribution in [2.45, 2.75) is 0 Å². The lowest BCUT2D eigenvalue weighted by Crippen LogP contribution is -2.13. The van der Waals surface area contributed by atoms with E-state index in [1.807, 2.05) is 48.5 Å². The van der Waals surface area contributed by atoms with Crippen LogP contribution in [0.1, 0.15) is 11.1 Å². The molecule has 3 aromatic rings. The van der Waals surface area contributed by atoms with E-state index in [4.69, 9.17) is 4.74 Å².